The molecular weight excluding hydrogens is 909 g/mol. The summed E-state index contributed by atoms with van der Waals surface area (Å²) < 4.78 is 38.8. The van der Waals surface area contributed by atoms with Crippen LogP contribution in [0.5, 0.6) is 0 Å². The number of aromatic carboxylic acids is 3. The molecule has 6 aromatic heterocycles. The van der Waals surface area contributed by atoms with Gasteiger partial charge in [0.2, 0.25) is 0 Å². The van der Waals surface area contributed by atoms with Gasteiger partial charge in [-0.15, -0.1) is 11.3 Å². The summed E-state index contributed by atoms with van der Waals surface area (Å²) in [5.41, 5.74) is 0.969. The molecule has 60 heavy (non-hydrogen) atoms. The third kappa shape index (κ3) is 13.1. The number of alkyl halides is 3. The quantitative estimate of drug-likeness (QED) is 0.0559. The van der Waals surface area contributed by atoms with Crippen molar-refractivity contribution in [1.29, 1.82) is 0 Å². The maximum absolute atomic E-state index is 12.9. The number of isothiocyanates is 1. The van der Waals surface area contributed by atoms with Crippen LogP contribution in [0.25, 0.3) is 50.0 Å². The molecule has 312 valence electrons. The zero-order valence-corrected chi connectivity index (χ0v) is 35.5. The third-order valence-corrected chi connectivity index (χ3v) is 9.98. The molecule has 6 heterocycles. The molecule has 0 spiro atoms. The molecule has 6 rings (SSSR count). The number of carbonyl (C=O) groups is 3. The van der Waals surface area contributed by atoms with Crippen molar-refractivity contribution in [3.63, 3.8) is 0 Å². The maximum Gasteiger partial charge on any atom is 2.00 e. The molecular formula is C41H36F3N7O6RuS2. The summed E-state index contributed by atoms with van der Waals surface area (Å²) in [5, 5.41) is 43.0. The Labute approximate surface area is 364 Å². The monoisotopic (exact) mass is 945 g/mol. The molecule has 6 aromatic rings. The molecule has 0 saturated carbocycles. The Balaban J connectivity index is 0.000000297. The second-order valence-electron chi connectivity index (χ2n) is 12.8. The third-order valence-electron chi connectivity index (χ3n) is 8.83. The Hall–Kier alpha value is -5.87. The molecule has 0 amide bonds. The van der Waals surface area contributed by atoms with Crippen molar-refractivity contribution in [2.75, 3.05) is 0 Å². The van der Waals surface area contributed by atoms with Crippen molar-refractivity contribution in [1.82, 2.24) is 30.1 Å². The normalized spacial score (nSPS) is 11.1. The standard InChI is InChI=1S/C22H25F3N3S.C18H11N3O6.CNS.Ru/c1-4-6-7-15(5-2)12-17-9-11-19(29-17)16-8-10-18(26-13-16)20-14(3)21(28-27-20)22(23,24)25;22-16(23)9-1-3-19-12(5-9)14-7-11(18(26)27)8-15(21-14)13-6-10(17(24)25)2-4-20-13;2-1-3;/h8-11,13,15H,4-7,12H2,1-3H3;1-8H,(H,22,23)(H,24,25)(H,26,27);;/q-1;;-1;+2. The first-order chi connectivity index (χ1) is 28.1. The van der Waals surface area contributed by atoms with Crippen LogP contribution in [0.2, 0.25) is 0 Å². The topological polar surface area (TPSA) is 213 Å². The average Bonchev–Trinajstić information content (AvgIpc) is 3.86. The molecule has 0 aliphatic heterocycles. The predicted molar refractivity (Wildman–Crippen MR) is 218 cm³/mol. The van der Waals surface area contributed by atoms with E-state index in [9.17, 15) is 32.7 Å². The van der Waals surface area contributed by atoms with Gasteiger partial charge in [0.1, 0.15) is 5.69 Å². The second-order valence-corrected chi connectivity index (χ2v) is 14.2. The summed E-state index contributed by atoms with van der Waals surface area (Å²) in [5.74, 6) is -2.85. The Morgan fingerprint density at radius 2 is 1.38 bits per heavy atom. The van der Waals surface area contributed by atoms with E-state index in [0.29, 0.717) is 11.6 Å². The fraction of sp³-hybridized carbons (Fsp3) is 0.244. The van der Waals surface area contributed by atoms with Crippen LogP contribution < -0.4 is 5.10 Å². The van der Waals surface area contributed by atoms with E-state index in [-0.39, 0.29) is 70.2 Å². The van der Waals surface area contributed by atoms with Crippen LogP contribution in [-0.2, 0) is 32.1 Å². The van der Waals surface area contributed by atoms with E-state index in [2.05, 4.69) is 68.3 Å². The zero-order valence-electron chi connectivity index (χ0n) is 32.1. The largest absolute Gasteiger partial charge is 2.00 e. The molecule has 19 heteroatoms. The number of carboxylic acid groups (broad SMARTS) is 3. The van der Waals surface area contributed by atoms with Crippen molar-refractivity contribution in [3.8, 4) is 44.6 Å². The predicted octanol–water partition coefficient (Wildman–Crippen LogP) is 9.87. The number of thiophene rings is 1. The average molecular weight is 945 g/mol. The molecule has 1 unspecified atom stereocenters. The minimum atomic E-state index is -4.50. The number of halogens is 3. The van der Waals surface area contributed by atoms with Gasteiger partial charge in [-0.3, -0.25) is 15.0 Å². The number of pyridine rings is 4. The summed E-state index contributed by atoms with van der Waals surface area (Å²) in [7, 11) is 0. The van der Waals surface area contributed by atoms with Crippen LogP contribution in [-0.4, -0.2) is 63.4 Å². The van der Waals surface area contributed by atoms with Gasteiger partial charge in [-0.1, -0.05) is 57.4 Å². The Kier molecular flexibility index (Phi) is 18.2. The van der Waals surface area contributed by atoms with Gasteiger partial charge >= 0.3 is 43.6 Å². The van der Waals surface area contributed by atoms with Crippen molar-refractivity contribution in [2.24, 2.45) is 5.92 Å². The second kappa shape index (κ2) is 22.5. The number of hydrogen-bond donors (Lipinski definition) is 3. The Morgan fingerprint density at radius 1 is 0.833 bits per heavy atom. The summed E-state index contributed by atoms with van der Waals surface area (Å²) in [6.45, 7) is 5.84. The number of carboxylic acids is 3. The van der Waals surface area contributed by atoms with Gasteiger partial charge in [-0.25, -0.2) is 19.4 Å². The van der Waals surface area contributed by atoms with E-state index in [1.54, 1.807) is 23.6 Å². The van der Waals surface area contributed by atoms with E-state index in [0.717, 1.165) is 16.9 Å². The van der Waals surface area contributed by atoms with Gasteiger partial charge in [0.25, 0.3) is 0 Å². The van der Waals surface area contributed by atoms with Crippen molar-refractivity contribution >= 4 is 46.6 Å². The summed E-state index contributed by atoms with van der Waals surface area (Å²) >= 11 is 5.46. The molecule has 0 radical (unpaired) electrons. The van der Waals surface area contributed by atoms with Gasteiger partial charge in [-0.2, -0.15) is 18.3 Å². The summed E-state index contributed by atoms with van der Waals surface area (Å²) in [6.07, 6.45) is 5.77. The zero-order chi connectivity index (χ0) is 43.3. The number of hydrogen-bond acceptors (Lipinski definition) is 10. The summed E-state index contributed by atoms with van der Waals surface area (Å²) in [4.78, 5) is 52.9. The first-order valence-corrected chi connectivity index (χ1v) is 19.1. The first-order valence-electron chi connectivity index (χ1n) is 17.9. The van der Waals surface area contributed by atoms with Crippen molar-refractivity contribution < 1.29 is 62.4 Å². The van der Waals surface area contributed by atoms with Crippen molar-refractivity contribution in [3.05, 3.63) is 117 Å². The van der Waals surface area contributed by atoms with E-state index < -0.39 is 29.8 Å². The van der Waals surface area contributed by atoms with Gasteiger partial charge in [0.05, 0.1) is 39.5 Å². The minimum absolute atomic E-state index is 0. The SMILES string of the molecule is CCCCC(CC)Cc1ccc(-c2ccc(-c3[n-]nc(C(F)(F)F)c3C)nc2)s1.O=C(O)c1ccnc(-c2cc(C(=O)O)cc(-c3cc(C(=O)O)ccn3)n2)c1.[N-]=C=S.[Ru+2]. The van der Waals surface area contributed by atoms with E-state index in [1.807, 2.05) is 6.07 Å². The molecule has 3 N–H and O–H groups in total. The number of nitrogens with zero attached hydrogens (tertiary/aromatic N) is 7. The van der Waals surface area contributed by atoms with Crippen molar-refractivity contribution in [2.45, 2.75) is 59.1 Å². The number of unbranched alkanes of at least 4 members (excludes halogenated alkanes) is 1. The minimum Gasteiger partial charge on any atom is -0.753 e. The maximum atomic E-state index is 12.9. The number of thiocarbonyl (C=S) groups is 1. The van der Waals surface area contributed by atoms with Crippen LogP contribution >= 0.6 is 23.6 Å². The number of rotatable bonds is 13. The fourth-order valence-corrected chi connectivity index (χ4v) is 6.86. The van der Waals surface area contributed by atoms with Crippen LogP contribution in [0, 0.1) is 12.8 Å². The fourth-order valence-electron chi connectivity index (χ4n) is 5.75. The van der Waals surface area contributed by atoms with E-state index in [4.69, 9.17) is 15.6 Å². The van der Waals surface area contributed by atoms with E-state index in [1.165, 1.54) is 91.4 Å². The molecule has 0 aliphatic carbocycles. The van der Waals surface area contributed by atoms with Crippen LogP contribution in [0.4, 0.5) is 13.2 Å². The molecule has 13 nitrogen and oxygen atoms in total. The van der Waals surface area contributed by atoms with E-state index >= 15 is 0 Å². The smallest absolute Gasteiger partial charge is 0.753 e. The van der Waals surface area contributed by atoms with Gasteiger partial charge in [0.15, 0.2) is 0 Å². The van der Waals surface area contributed by atoms with Crippen LogP contribution in [0.15, 0.2) is 79.3 Å². The molecule has 1 atom stereocenters. The molecule has 0 aliphatic rings. The van der Waals surface area contributed by atoms with Crippen LogP contribution in [0.3, 0.4) is 0 Å². The van der Waals surface area contributed by atoms with Crippen LogP contribution in [0.1, 0.15) is 86.7 Å². The van der Waals surface area contributed by atoms with Gasteiger partial charge in [0, 0.05) is 39.6 Å². The molecule has 0 bridgehead atoms. The molecule has 0 fully saturated rings. The van der Waals surface area contributed by atoms with Gasteiger partial charge in [-0.05, 0) is 85.5 Å². The molecule has 0 aromatic carbocycles. The first kappa shape index (κ1) is 48.5. The number of aromatic nitrogens is 6. The Morgan fingerprint density at radius 3 is 1.83 bits per heavy atom. The van der Waals surface area contributed by atoms with Gasteiger partial charge < -0.3 is 30.9 Å². The Bertz CT molecular complexity index is 2380. The summed E-state index contributed by atoms with van der Waals surface area (Å²) in [6, 6.07) is 15.5. The molecule has 0 saturated heterocycles.